The lowest BCUT2D eigenvalue weighted by Crippen LogP contribution is -2.37. The molecule has 7 heteroatoms. The minimum Gasteiger partial charge on any atom is -0.497 e. The predicted octanol–water partition coefficient (Wildman–Crippen LogP) is 3.02. The fourth-order valence-electron chi connectivity index (χ4n) is 2.97. The summed E-state index contributed by atoms with van der Waals surface area (Å²) in [4.78, 5) is 28.2. The zero-order valence-corrected chi connectivity index (χ0v) is 17.9. The molecule has 1 aromatic heterocycles. The van der Waals surface area contributed by atoms with Crippen LogP contribution in [0.15, 0.2) is 54.7 Å². The van der Waals surface area contributed by atoms with Crippen LogP contribution in [0.4, 0.5) is 0 Å². The minimum atomic E-state index is -0.276. The van der Waals surface area contributed by atoms with Gasteiger partial charge >= 0.3 is 0 Å². The van der Waals surface area contributed by atoms with E-state index in [1.165, 1.54) is 9.80 Å². The molecule has 0 radical (unpaired) electrons. The summed E-state index contributed by atoms with van der Waals surface area (Å²) in [5, 5.41) is 4.69. The molecule has 0 unspecified atom stereocenters. The third kappa shape index (κ3) is 4.51. The molecule has 2 amide bonds. The van der Waals surface area contributed by atoms with Crippen molar-refractivity contribution in [3.05, 3.63) is 65.9 Å². The molecule has 156 valence electrons. The Hall–Kier alpha value is -3.61. The van der Waals surface area contributed by atoms with Gasteiger partial charge in [0.2, 0.25) is 5.91 Å². The van der Waals surface area contributed by atoms with Gasteiger partial charge in [0.15, 0.2) is 0 Å². The zero-order chi connectivity index (χ0) is 21.8. The fraction of sp³-hybridized carbons (Fsp3) is 0.261. The van der Waals surface area contributed by atoms with E-state index in [-0.39, 0.29) is 18.4 Å². The van der Waals surface area contributed by atoms with E-state index >= 15 is 0 Å². The molecule has 30 heavy (non-hydrogen) atoms. The molecular weight excluding hydrogens is 380 g/mol. The van der Waals surface area contributed by atoms with Crippen molar-refractivity contribution >= 4 is 11.8 Å². The van der Waals surface area contributed by atoms with Crippen molar-refractivity contribution in [2.24, 2.45) is 0 Å². The van der Waals surface area contributed by atoms with Gasteiger partial charge in [0.1, 0.15) is 11.4 Å². The molecule has 0 aliphatic heterocycles. The highest BCUT2D eigenvalue weighted by Gasteiger charge is 2.23. The van der Waals surface area contributed by atoms with Gasteiger partial charge in [-0.25, -0.2) is 4.68 Å². The van der Waals surface area contributed by atoms with E-state index in [1.54, 1.807) is 39.1 Å². The van der Waals surface area contributed by atoms with E-state index in [2.05, 4.69) is 0 Å². The molecule has 0 N–H and O–H groups in total. The molecule has 7 nitrogen and oxygen atoms in total. The number of carbonyl (C=O) groups is 2. The van der Waals surface area contributed by atoms with E-state index in [0.717, 1.165) is 16.8 Å². The quantitative estimate of drug-likeness (QED) is 0.631. The first-order valence-corrected chi connectivity index (χ1v) is 9.57. The Balaban J connectivity index is 2.06. The molecule has 0 aliphatic rings. The van der Waals surface area contributed by atoms with Crippen molar-refractivity contribution in [1.82, 2.24) is 19.6 Å². The maximum Gasteiger partial charge on any atom is 0.257 e. The zero-order valence-electron chi connectivity index (χ0n) is 17.9. The molecule has 0 spiro atoms. The number of aromatic nitrogens is 2. The normalized spacial score (nSPS) is 10.6. The molecule has 0 fully saturated rings. The second-order valence-electron chi connectivity index (χ2n) is 7.35. The second kappa shape index (κ2) is 8.82. The Labute approximate surface area is 176 Å². The highest BCUT2D eigenvalue weighted by Crippen LogP contribution is 2.27. The van der Waals surface area contributed by atoms with E-state index in [9.17, 15) is 9.59 Å². The predicted molar refractivity (Wildman–Crippen MR) is 116 cm³/mol. The smallest absolute Gasteiger partial charge is 0.257 e. The van der Waals surface area contributed by atoms with Gasteiger partial charge in [-0.2, -0.15) is 5.10 Å². The summed E-state index contributed by atoms with van der Waals surface area (Å²) in [6.07, 6.45) is 1.71. The molecule has 0 saturated carbocycles. The Morgan fingerprint density at radius 1 is 1.07 bits per heavy atom. The number of amides is 2. The van der Waals surface area contributed by atoms with Gasteiger partial charge in [-0.05, 0) is 31.2 Å². The summed E-state index contributed by atoms with van der Waals surface area (Å²) in [6.45, 7) is 2.00. The maximum absolute atomic E-state index is 13.2. The first kappa shape index (κ1) is 21.1. The van der Waals surface area contributed by atoms with Crippen molar-refractivity contribution in [2.45, 2.75) is 6.92 Å². The number of carbonyl (C=O) groups excluding carboxylic acids is 2. The molecule has 2 aromatic carbocycles. The number of methoxy groups -OCH3 is 1. The molecular formula is C23H26N4O3. The van der Waals surface area contributed by atoms with Gasteiger partial charge in [0, 0.05) is 32.9 Å². The van der Waals surface area contributed by atoms with Gasteiger partial charge in [0.05, 0.1) is 24.9 Å². The van der Waals surface area contributed by atoms with Crippen LogP contribution in [0.25, 0.3) is 16.9 Å². The standard InChI is InChI=1S/C23H26N4O3/c1-16-9-11-18(12-10-16)27-14-20(23(29)26(4)15-21(28)25(2)3)22(24-27)17-7-6-8-19(13-17)30-5/h6-14H,15H2,1-5H3. The number of rotatable bonds is 6. The number of hydrogen-bond acceptors (Lipinski definition) is 4. The highest BCUT2D eigenvalue weighted by molar-refractivity contribution is 6.01. The van der Waals surface area contributed by atoms with Crippen LogP contribution < -0.4 is 4.74 Å². The van der Waals surface area contributed by atoms with E-state index in [4.69, 9.17) is 9.84 Å². The average molecular weight is 406 g/mol. The molecule has 0 aliphatic carbocycles. The van der Waals surface area contributed by atoms with Crippen LogP contribution in [-0.2, 0) is 4.79 Å². The van der Waals surface area contributed by atoms with E-state index in [0.29, 0.717) is 17.0 Å². The highest BCUT2D eigenvalue weighted by atomic mass is 16.5. The summed E-state index contributed by atoms with van der Waals surface area (Å²) >= 11 is 0. The van der Waals surface area contributed by atoms with E-state index < -0.39 is 0 Å². The number of hydrogen-bond donors (Lipinski definition) is 0. The summed E-state index contributed by atoms with van der Waals surface area (Å²) < 4.78 is 7.01. The van der Waals surface area contributed by atoms with Crippen molar-refractivity contribution in [1.29, 1.82) is 0 Å². The second-order valence-corrected chi connectivity index (χ2v) is 7.35. The molecule has 0 saturated heterocycles. The maximum atomic E-state index is 13.2. The lowest BCUT2D eigenvalue weighted by atomic mass is 10.1. The minimum absolute atomic E-state index is 0.0148. The third-order valence-corrected chi connectivity index (χ3v) is 4.80. The number of aryl methyl sites for hydroxylation is 1. The summed E-state index contributed by atoms with van der Waals surface area (Å²) in [5.74, 6) is 0.244. The van der Waals surface area contributed by atoms with Gasteiger partial charge in [-0.15, -0.1) is 0 Å². The number of benzene rings is 2. The molecule has 3 rings (SSSR count). The fourth-order valence-corrected chi connectivity index (χ4v) is 2.97. The lowest BCUT2D eigenvalue weighted by molar-refractivity contribution is -0.129. The van der Waals surface area contributed by atoms with Crippen molar-refractivity contribution < 1.29 is 14.3 Å². The molecule has 1 heterocycles. The summed E-state index contributed by atoms with van der Waals surface area (Å²) in [6, 6.07) is 15.3. The Bertz CT molecular complexity index is 1050. The topological polar surface area (TPSA) is 67.7 Å². The third-order valence-electron chi connectivity index (χ3n) is 4.80. The van der Waals surface area contributed by atoms with Gasteiger partial charge in [-0.1, -0.05) is 29.8 Å². The van der Waals surface area contributed by atoms with Gasteiger partial charge in [-0.3, -0.25) is 9.59 Å². The van der Waals surface area contributed by atoms with Crippen LogP contribution in [0.2, 0.25) is 0 Å². The van der Waals surface area contributed by atoms with Crippen LogP contribution >= 0.6 is 0 Å². The largest absolute Gasteiger partial charge is 0.497 e. The molecule has 0 bridgehead atoms. The summed E-state index contributed by atoms with van der Waals surface area (Å²) in [5.41, 5.74) is 3.69. The van der Waals surface area contributed by atoms with Crippen LogP contribution in [0.1, 0.15) is 15.9 Å². The Kier molecular flexibility index (Phi) is 6.20. The first-order valence-electron chi connectivity index (χ1n) is 9.57. The Morgan fingerprint density at radius 2 is 1.77 bits per heavy atom. The van der Waals surface area contributed by atoms with Gasteiger partial charge < -0.3 is 14.5 Å². The first-order chi connectivity index (χ1) is 14.3. The van der Waals surface area contributed by atoms with Crippen LogP contribution in [0, 0.1) is 6.92 Å². The van der Waals surface area contributed by atoms with Crippen molar-refractivity contribution in [3.63, 3.8) is 0 Å². The monoisotopic (exact) mass is 406 g/mol. The van der Waals surface area contributed by atoms with Gasteiger partial charge in [0.25, 0.3) is 5.91 Å². The number of ether oxygens (including phenoxy) is 1. The van der Waals surface area contributed by atoms with E-state index in [1.807, 2.05) is 55.5 Å². The SMILES string of the molecule is COc1cccc(-c2nn(-c3ccc(C)cc3)cc2C(=O)N(C)CC(=O)N(C)C)c1. The Morgan fingerprint density at radius 3 is 2.40 bits per heavy atom. The lowest BCUT2D eigenvalue weighted by Gasteiger charge is -2.19. The average Bonchev–Trinajstić information content (AvgIpc) is 3.19. The van der Waals surface area contributed by atoms with Crippen molar-refractivity contribution in [2.75, 3.05) is 34.8 Å². The van der Waals surface area contributed by atoms with Crippen molar-refractivity contribution in [3.8, 4) is 22.7 Å². The number of nitrogens with zero attached hydrogens (tertiary/aromatic N) is 4. The molecule has 0 atom stereocenters. The van der Waals surface area contributed by atoms with Crippen LogP contribution in [0.5, 0.6) is 5.75 Å². The van der Waals surface area contributed by atoms with Crippen LogP contribution in [-0.4, -0.2) is 66.2 Å². The number of likely N-dealkylation sites (N-methyl/N-ethyl adjacent to an activating group) is 2. The summed E-state index contributed by atoms with van der Waals surface area (Å²) in [7, 11) is 6.54. The molecule has 3 aromatic rings. The van der Waals surface area contributed by atoms with Crippen LogP contribution in [0.3, 0.4) is 0 Å².